The number of carbonyl (C=O) groups excluding carboxylic acids is 1. The van der Waals surface area contributed by atoms with Crippen LogP contribution in [0.15, 0.2) is 18.3 Å². The van der Waals surface area contributed by atoms with E-state index in [1.165, 1.54) is 0 Å². The SMILES string of the molecule is CC(C)(CCC(=O)O)NC(=O)Nc1ccc(N2CCOCC2)cn1. The first kappa shape index (κ1) is 18.0. The number of aromatic nitrogens is 1. The zero-order chi connectivity index (χ0) is 17.6. The van der Waals surface area contributed by atoms with Crippen molar-refractivity contribution in [2.24, 2.45) is 0 Å². The Morgan fingerprint density at radius 2 is 2.04 bits per heavy atom. The lowest BCUT2D eigenvalue weighted by Gasteiger charge is -2.28. The number of urea groups is 1. The number of carboxylic acid groups (broad SMARTS) is 1. The highest BCUT2D eigenvalue weighted by Crippen LogP contribution is 2.17. The highest BCUT2D eigenvalue weighted by atomic mass is 16.5. The van der Waals surface area contributed by atoms with Crippen molar-refractivity contribution in [3.8, 4) is 0 Å². The Hall–Kier alpha value is -2.35. The third kappa shape index (κ3) is 5.69. The molecule has 2 heterocycles. The minimum absolute atomic E-state index is 0.000222. The van der Waals surface area contributed by atoms with E-state index in [1.807, 2.05) is 6.07 Å². The number of morpholine rings is 1. The van der Waals surface area contributed by atoms with Gasteiger partial charge in [0.05, 0.1) is 25.1 Å². The van der Waals surface area contributed by atoms with Gasteiger partial charge in [-0.2, -0.15) is 0 Å². The molecule has 0 radical (unpaired) electrons. The number of hydrogen-bond acceptors (Lipinski definition) is 5. The molecule has 0 spiro atoms. The van der Waals surface area contributed by atoms with Crippen LogP contribution in [0.1, 0.15) is 26.7 Å². The number of carbonyl (C=O) groups is 2. The van der Waals surface area contributed by atoms with E-state index >= 15 is 0 Å². The Labute approximate surface area is 141 Å². The fourth-order valence-electron chi connectivity index (χ4n) is 2.41. The first-order valence-corrected chi connectivity index (χ1v) is 7.95. The van der Waals surface area contributed by atoms with E-state index in [0.29, 0.717) is 25.5 Å². The molecule has 1 aromatic heterocycles. The average Bonchev–Trinajstić information content (AvgIpc) is 2.54. The Morgan fingerprint density at radius 1 is 1.33 bits per heavy atom. The zero-order valence-electron chi connectivity index (χ0n) is 14.0. The van der Waals surface area contributed by atoms with Crippen LogP contribution in [0.4, 0.5) is 16.3 Å². The van der Waals surface area contributed by atoms with Crippen LogP contribution < -0.4 is 15.5 Å². The topological polar surface area (TPSA) is 104 Å². The molecule has 24 heavy (non-hydrogen) atoms. The van der Waals surface area contributed by atoms with Gasteiger partial charge in [0.2, 0.25) is 0 Å². The lowest BCUT2D eigenvalue weighted by molar-refractivity contribution is -0.137. The first-order chi connectivity index (χ1) is 11.4. The van der Waals surface area contributed by atoms with Crippen molar-refractivity contribution >= 4 is 23.5 Å². The van der Waals surface area contributed by atoms with Crippen LogP contribution >= 0.6 is 0 Å². The predicted molar refractivity (Wildman–Crippen MR) is 90.4 cm³/mol. The normalized spacial score (nSPS) is 15.0. The highest BCUT2D eigenvalue weighted by Gasteiger charge is 2.21. The molecule has 1 saturated heterocycles. The summed E-state index contributed by atoms with van der Waals surface area (Å²) in [7, 11) is 0. The molecule has 0 aliphatic carbocycles. The van der Waals surface area contributed by atoms with Crippen molar-refractivity contribution < 1.29 is 19.4 Å². The minimum atomic E-state index is -0.884. The third-order valence-electron chi connectivity index (χ3n) is 3.78. The van der Waals surface area contributed by atoms with Crippen LogP contribution in [0.5, 0.6) is 0 Å². The van der Waals surface area contributed by atoms with Crippen LogP contribution in [0, 0.1) is 0 Å². The number of nitrogens with zero attached hydrogens (tertiary/aromatic N) is 2. The van der Waals surface area contributed by atoms with Gasteiger partial charge in [-0.1, -0.05) is 0 Å². The Bertz CT molecular complexity index is 568. The fraction of sp³-hybridized carbons (Fsp3) is 0.562. The Kier molecular flexibility index (Phi) is 5.97. The molecule has 1 aliphatic rings. The standard InChI is InChI=1S/C16H24N4O4/c1-16(2,6-5-14(21)22)19-15(23)18-13-4-3-12(11-17-13)20-7-9-24-10-8-20/h3-4,11H,5-10H2,1-2H3,(H,21,22)(H2,17,18,19,23). The lowest BCUT2D eigenvalue weighted by Crippen LogP contribution is -2.45. The number of aliphatic carboxylic acids is 1. The van der Waals surface area contributed by atoms with Gasteiger partial charge >= 0.3 is 12.0 Å². The molecule has 2 rings (SSSR count). The van der Waals surface area contributed by atoms with Crippen molar-refractivity contribution in [1.29, 1.82) is 0 Å². The monoisotopic (exact) mass is 336 g/mol. The van der Waals surface area contributed by atoms with Crippen LogP contribution in [-0.2, 0) is 9.53 Å². The fourth-order valence-corrected chi connectivity index (χ4v) is 2.41. The molecule has 0 aromatic carbocycles. The molecule has 8 nitrogen and oxygen atoms in total. The second kappa shape index (κ2) is 7.96. The van der Waals surface area contributed by atoms with Gasteiger partial charge in [0, 0.05) is 25.0 Å². The van der Waals surface area contributed by atoms with E-state index in [-0.39, 0.29) is 6.42 Å². The van der Waals surface area contributed by atoms with Crippen molar-refractivity contribution in [2.45, 2.75) is 32.2 Å². The molecule has 1 aliphatic heterocycles. The number of rotatable bonds is 6. The number of ether oxygens (including phenoxy) is 1. The number of nitrogens with one attached hydrogen (secondary N) is 2. The maximum atomic E-state index is 12.0. The van der Waals surface area contributed by atoms with Gasteiger partial charge in [-0.3, -0.25) is 10.1 Å². The van der Waals surface area contributed by atoms with Crippen molar-refractivity contribution in [2.75, 3.05) is 36.5 Å². The molecule has 0 unspecified atom stereocenters. The summed E-state index contributed by atoms with van der Waals surface area (Å²) < 4.78 is 5.31. The van der Waals surface area contributed by atoms with Crippen LogP contribution in [0.3, 0.4) is 0 Å². The summed E-state index contributed by atoms with van der Waals surface area (Å²) in [5.41, 5.74) is 0.377. The second-order valence-electron chi connectivity index (χ2n) is 6.36. The van der Waals surface area contributed by atoms with E-state index in [9.17, 15) is 9.59 Å². The molecular weight excluding hydrogens is 312 g/mol. The Balaban J connectivity index is 1.86. The van der Waals surface area contributed by atoms with E-state index in [4.69, 9.17) is 9.84 Å². The molecule has 8 heteroatoms. The summed E-state index contributed by atoms with van der Waals surface area (Å²) >= 11 is 0. The van der Waals surface area contributed by atoms with Crippen LogP contribution in [-0.4, -0.2) is 53.9 Å². The molecule has 0 bridgehead atoms. The van der Waals surface area contributed by atoms with Gasteiger partial charge in [-0.05, 0) is 32.4 Å². The van der Waals surface area contributed by atoms with Gasteiger partial charge in [-0.25, -0.2) is 9.78 Å². The van der Waals surface area contributed by atoms with Gasteiger partial charge in [0.25, 0.3) is 0 Å². The molecule has 1 aromatic rings. The summed E-state index contributed by atoms with van der Waals surface area (Å²) in [5, 5.41) is 14.2. The number of hydrogen-bond donors (Lipinski definition) is 3. The largest absolute Gasteiger partial charge is 0.481 e. The average molecular weight is 336 g/mol. The van der Waals surface area contributed by atoms with Gasteiger partial charge in [0.1, 0.15) is 5.82 Å². The highest BCUT2D eigenvalue weighted by molar-refractivity contribution is 5.88. The number of anilines is 2. The molecule has 132 valence electrons. The van der Waals surface area contributed by atoms with Gasteiger partial charge in [-0.15, -0.1) is 0 Å². The van der Waals surface area contributed by atoms with E-state index in [0.717, 1.165) is 18.8 Å². The van der Waals surface area contributed by atoms with E-state index in [1.54, 1.807) is 26.1 Å². The van der Waals surface area contributed by atoms with E-state index in [2.05, 4.69) is 20.5 Å². The van der Waals surface area contributed by atoms with Gasteiger partial charge in [0.15, 0.2) is 0 Å². The summed E-state index contributed by atoms with van der Waals surface area (Å²) in [6.45, 7) is 6.62. The second-order valence-corrected chi connectivity index (χ2v) is 6.36. The van der Waals surface area contributed by atoms with Crippen LogP contribution in [0.25, 0.3) is 0 Å². The molecule has 1 fully saturated rings. The molecule has 3 N–H and O–H groups in total. The predicted octanol–water partition coefficient (Wildman–Crippen LogP) is 1.68. The maximum absolute atomic E-state index is 12.0. The van der Waals surface area contributed by atoms with Gasteiger partial charge < -0.3 is 20.1 Å². The zero-order valence-corrected chi connectivity index (χ0v) is 14.0. The molecular formula is C16H24N4O4. The number of pyridine rings is 1. The Morgan fingerprint density at radius 3 is 2.62 bits per heavy atom. The molecule has 0 saturated carbocycles. The maximum Gasteiger partial charge on any atom is 0.320 e. The van der Waals surface area contributed by atoms with Crippen LogP contribution in [0.2, 0.25) is 0 Å². The van der Waals surface area contributed by atoms with Crippen molar-refractivity contribution in [3.05, 3.63) is 18.3 Å². The summed E-state index contributed by atoms with van der Waals surface area (Å²) in [6, 6.07) is 3.25. The van der Waals surface area contributed by atoms with E-state index < -0.39 is 17.5 Å². The first-order valence-electron chi connectivity index (χ1n) is 7.95. The summed E-state index contributed by atoms with van der Waals surface area (Å²) in [4.78, 5) is 29.1. The number of amides is 2. The smallest absolute Gasteiger partial charge is 0.320 e. The quantitative estimate of drug-likeness (QED) is 0.730. The lowest BCUT2D eigenvalue weighted by atomic mass is 9.99. The number of carboxylic acids is 1. The summed E-state index contributed by atoms with van der Waals surface area (Å²) in [6.07, 6.45) is 2.06. The molecule has 2 amide bonds. The van der Waals surface area contributed by atoms with Crippen molar-refractivity contribution in [3.63, 3.8) is 0 Å². The minimum Gasteiger partial charge on any atom is -0.481 e. The molecule has 0 atom stereocenters. The third-order valence-corrected chi connectivity index (χ3v) is 3.78. The van der Waals surface area contributed by atoms with Crippen molar-refractivity contribution in [1.82, 2.24) is 10.3 Å². The summed E-state index contributed by atoms with van der Waals surface area (Å²) in [5.74, 6) is -0.441.